The molecule has 0 unspecified atom stereocenters. The third-order valence-electron chi connectivity index (χ3n) is 4.34. The molecular weight excluding hydrogens is 322 g/mol. The van der Waals surface area contributed by atoms with Crippen LogP contribution < -0.4 is 10.1 Å². The summed E-state index contributed by atoms with van der Waals surface area (Å²) >= 11 is 0. The van der Waals surface area contributed by atoms with Gasteiger partial charge in [-0.15, -0.1) is 0 Å². The van der Waals surface area contributed by atoms with Crippen molar-refractivity contribution in [2.75, 3.05) is 19.0 Å². The van der Waals surface area contributed by atoms with Crippen LogP contribution in [0.5, 0.6) is 5.75 Å². The van der Waals surface area contributed by atoms with E-state index in [0.717, 1.165) is 24.2 Å². The molecule has 0 aromatic heterocycles. The lowest BCUT2D eigenvalue weighted by molar-refractivity contribution is -0.384. The van der Waals surface area contributed by atoms with Gasteiger partial charge >= 0.3 is 6.03 Å². The number of nitro benzene ring substituents is 1. The number of amides is 2. The lowest BCUT2D eigenvalue weighted by Crippen LogP contribution is -2.34. The summed E-state index contributed by atoms with van der Waals surface area (Å²) in [5.74, 6) is 0.781. The van der Waals surface area contributed by atoms with Crippen LogP contribution in [0, 0.1) is 10.1 Å². The fourth-order valence-corrected chi connectivity index (χ4v) is 3.04. The van der Waals surface area contributed by atoms with Crippen LogP contribution >= 0.6 is 0 Å². The number of likely N-dealkylation sites (tertiary alicyclic amines) is 1. The summed E-state index contributed by atoms with van der Waals surface area (Å²) in [4.78, 5) is 24.6. The molecule has 1 aliphatic heterocycles. The van der Waals surface area contributed by atoms with E-state index in [1.807, 2.05) is 24.3 Å². The number of hydrogen-bond acceptors (Lipinski definition) is 4. The second-order valence-corrected chi connectivity index (χ2v) is 5.86. The van der Waals surface area contributed by atoms with Crippen molar-refractivity contribution < 1.29 is 14.5 Å². The Morgan fingerprint density at radius 1 is 1.20 bits per heavy atom. The number of benzene rings is 2. The molecule has 0 bridgehead atoms. The molecule has 0 spiro atoms. The first-order chi connectivity index (χ1) is 12.1. The fourth-order valence-electron chi connectivity index (χ4n) is 3.04. The van der Waals surface area contributed by atoms with Gasteiger partial charge in [0.25, 0.3) is 5.69 Å². The Labute approximate surface area is 145 Å². The van der Waals surface area contributed by atoms with Crippen LogP contribution in [-0.2, 0) is 0 Å². The van der Waals surface area contributed by atoms with E-state index in [9.17, 15) is 14.9 Å². The third kappa shape index (κ3) is 3.71. The van der Waals surface area contributed by atoms with Gasteiger partial charge in [0.05, 0.1) is 18.1 Å². The molecule has 25 heavy (non-hydrogen) atoms. The molecule has 1 saturated heterocycles. The van der Waals surface area contributed by atoms with Crippen LogP contribution in [0.1, 0.15) is 24.4 Å². The van der Waals surface area contributed by atoms with Gasteiger partial charge < -0.3 is 15.0 Å². The minimum atomic E-state index is -0.466. The predicted octanol–water partition coefficient (Wildman–Crippen LogP) is 3.97. The van der Waals surface area contributed by atoms with E-state index in [0.29, 0.717) is 12.2 Å². The predicted molar refractivity (Wildman–Crippen MR) is 93.8 cm³/mol. The van der Waals surface area contributed by atoms with E-state index in [-0.39, 0.29) is 17.8 Å². The summed E-state index contributed by atoms with van der Waals surface area (Å²) in [5.41, 5.74) is 1.60. The number of non-ortho nitro benzene ring substituents is 1. The molecule has 1 fully saturated rings. The van der Waals surface area contributed by atoms with E-state index < -0.39 is 4.92 Å². The zero-order chi connectivity index (χ0) is 17.8. The molecule has 0 saturated carbocycles. The molecule has 7 heteroatoms. The monoisotopic (exact) mass is 341 g/mol. The molecule has 2 aromatic carbocycles. The van der Waals surface area contributed by atoms with Gasteiger partial charge in [-0.2, -0.15) is 0 Å². The van der Waals surface area contributed by atoms with Crippen LogP contribution in [-0.4, -0.2) is 29.5 Å². The Kier molecular flexibility index (Phi) is 4.83. The summed E-state index contributed by atoms with van der Waals surface area (Å²) in [5, 5.41) is 13.5. The average Bonchev–Trinajstić information content (AvgIpc) is 3.12. The normalized spacial score (nSPS) is 16.5. The first kappa shape index (κ1) is 16.8. The number of nitro groups is 1. The van der Waals surface area contributed by atoms with Crippen molar-refractivity contribution in [3.8, 4) is 5.75 Å². The van der Waals surface area contributed by atoms with Gasteiger partial charge in [-0.3, -0.25) is 10.1 Å². The lowest BCUT2D eigenvalue weighted by atomic mass is 10.0. The van der Waals surface area contributed by atoms with Crippen molar-refractivity contribution in [1.29, 1.82) is 0 Å². The van der Waals surface area contributed by atoms with Crippen LogP contribution in [0.25, 0.3) is 0 Å². The second kappa shape index (κ2) is 7.21. The van der Waals surface area contributed by atoms with Gasteiger partial charge in [0.15, 0.2) is 0 Å². The Morgan fingerprint density at radius 3 is 2.48 bits per heavy atom. The molecule has 7 nitrogen and oxygen atoms in total. The molecule has 1 aliphatic rings. The van der Waals surface area contributed by atoms with Gasteiger partial charge in [0, 0.05) is 24.4 Å². The smallest absolute Gasteiger partial charge is 0.322 e. The van der Waals surface area contributed by atoms with Gasteiger partial charge in [-0.1, -0.05) is 12.1 Å². The SMILES string of the molecule is COc1ccc([C@H]2CCCN2C(=O)Nc2ccc([N+](=O)[O-])cc2)cc1. The van der Waals surface area contributed by atoms with Crippen molar-refractivity contribution in [2.24, 2.45) is 0 Å². The number of rotatable bonds is 4. The maximum absolute atomic E-state index is 12.6. The van der Waals surface area contributed by atoms with Gasteiger partial charge in [-0.25, -0.2) is 4.79 Å². The summed E-state index contributed by atoms with van der Waals surface area (Å²) < 4.78 is 5.17. The molecule has 3 rings (SSSR count). The highest BCUT2D eigenvalue weighted by molar-refractivity contribution is 5.90. The molecule has 2 amide bonds. The quantitative estimate of drug-likeness (QED) is 0.673. The molecular formula is C18H19N3O4. The molecule has 0 aliphatic carbocycles. The molecule has 1 atom stereocenters. The number of hydrogen-bond donors (Lipinski definition) is 1. The number of urea groups is 1. The van der Waals surface area contributed by atoms with Gasteiger partial charge in [0.2, 0.25) is 0 Å². The minimum Gasteiger partial charge on any atom is -0.497 e. The highest BCUT2D eigenvalue weighted by Gasteiger charge is 2.30. The highest BCUT2D eigenvalue weighted by Crippen LogP contribution is 2.33. The molecule has 130 valence electrons. The highest BCUT2D eigenvalue weighted by atomic mass is 16.6. The van der Waals surface area contributed by atoms with Crippen LogP contribution in [0.3, 0.4) is 0 Å². The Bertz CT molecular complexity index is 759. The molecule has 2 aromatic rings. The average molecular weight is 341 g/mol. The minimum absolute atomic E-state index is 0.00437. The summed E-state index contributed by atoms with van der Waals surface area (Å²) in [7, 11) is 1.62. The topological polar surface area (TPSA) is 84.7 Å². The van der Waals surface area contributed by atoms with E-state index in [2.05, 4.69) is 5.32 Å². The van der Waals surface area contributed by atoms with E-state index in [1.165, 1.54) is 24.3 Å². The van der Waals surface area contributed by atoms with Crippen molar-refractivity contribution in [3.05, 3.63) is 64.2 Å². The first-order valence-corrected chi connectivity index (χ1v) is 8.04. The number of carbonyl (C=O) groups excluding carboxylic acids is 1. The number of nitrogens with zero attached hydrogens (tertiary/aromatic N) is 2. The van der Waals surface area contributed by atoms with Crippen molar-refractivity contribution >= 4 is 17.4 Å². The van der Waals surface area contributed by atoms with Crippen molar-refractivity contribution in [3.63, 3.8) is 0 Å². The Hall–Kier alpha value is -3.09. The van der Waals surface area contributed by atoms with E-state index in [4.69, 9.17) is 4.74 Å². The van der Waals surface area contributed by atoms with Crippen LogP contribution in [0.15, 0.2) is 48.5 Å². The van der Waals surface area contributed by atoms with Crippen LogP contribution in [0.2, 0.25) is 0 Å². The van der Waals surface area contributed by atoms with Crippen molar-refractivity contribution in [1.82, 2.24) is 4.90 Å². The maximum Gasteiger partial charge on any atom is 0.322 e. The number of nitrogens with one attached hydrogen (secondary N) is 1. The third-order valence-corrected chi connectivity index (χ3v) is 4.34. The number of carbonyl (C=O) groups is 1. The zero-order valence-corrected chi connectivity index (χ0v) is 13.8. The standard InChI is InChI=1S/C18H19N3O4/c1-25-16-10-4-13(5-11-16)17-3-2-12-20(17)18(22)19-14-6-8-15(9-7-14)21(23)24/h4-11,17H,2-3,12H2,1H3,(H,19,22)/t17-/m1/s1. The molecule has 1 heterocycles. The fraction of sp³-hybridized carbons (Fsp3) is 0.278. The summed E-state index contributed by atoms with van der Waals surface area (Å²) in [6, 6.07) is 13.4. The number of anilines is 1. The number of methoxy groups -OCH3 is 1. The van der Waals surface area contributed by atoms with E-state index >= 15 is 0 Å². The van der Waals surface area contributed by atoms with Crippen LogP contribution in [0.4, 0.5) is 16.2 Å². The molecule has 1 N–H and O–H groups in total. The first-order valence-electron chi connectivity index (χ1n) is 8.04. The zero-order valence-electron chi connectivity index (χ0n) is 13.8. The Morgan fingerprint density at radius 2 is 1.88 bits per heavy atom. The lowest BCUT2D eigenvalue weighted by Gasteiger charge is -2.25. The number of ether oxygens (including phenoxy) is 1. The van der Waals surface area contributed by atoms with Gasteiger partial charge in [-0.05, 0) is 42.7 Å². The Balaban J connectivity index is 1.70. The largest absolute Gasteiger partial charge is 0.497 e. The molecule has 0 radical (unpaired) electrons. The second-order valence-electron chi connectivity index (χ2n) is 5.86. The van der Waals surface area contributed by atoms with E-state index in [1.54, 1.807) is 12.0 Å². The summed E-state index contributed by atoms with van der Waals surface area (Å²) in [6.45, 7) is 0.676. The maximum atomic E-state index is 12.6. The summed E-state index contributed by atoms with van der Waals surface area (Å²) in [6.07, 6.45) is 1.84. The van der Waals surface area contributed by atoms with Crippen molar-refractivity contribution in [2.45, 2.75) is 18.9 Å². The van der Waals surface area contributed by atoms with Gasteiger partial charge in [0.1, 0.15) is 5.75 Å².